The van der Waals surface area contributed by atoms with E-state index in [9.17, 15) is 18.8 Å². The van der Waals surface area contributed by atoms with E-state index in [1.807, 2.05) is 0 Å². The van der Waals surface area contributed by atoms with Gasteiger partial charge in [0.05, 0.1) is 12.2 Å². The number of thiophene rings is 1. The van der Waals surface area contributed by atoms with Gasteiger partial charge in [0.1, 0.15) is 17.3 Å². The van der Waals surface area contributed by atoms with Crippen LogP contribution in [0.2, 0.25) is 0 Å². The number of benzene rings is 2. The molecule has 1 aromatic heterocycles. The summed E-state index contributed by atoms with van der Waals surface area (Å²) in [5.41, 5.74) is 5.80. The third kappa shape index (κ3) is 4.52. The zero-order valence-corrected chi connectivity index (χ0v) is 16.2. The molecule has 3 N–H and O–H groups in total. The minimum absolute atomic E-state index is 0.161. The number of carbonyl (C=O) groups excluding carboxylic acids is 3. The molecule has 0 radical (unpaired) electrons. The van der Waals surface area contributed by atoms with Crippen LogP contribution in [0.25, 0.3) is 10.1 Å². The van der Waals surface area contributed by atoms with E-state index in [0.717, 1.165) is 11.3 Å². The summed E-state index contributed by atoms with van der Waals surface area (Å²) in [5.74, 6) is -1.83. The molecule has 0 bridgehead atoms. The molecule has 29 heavy (non-hydrogen) atoms. The van der Waals surface area contributed by atoms with Crippen molar-refractivity contribution in [3.8, 4) is 0 Å². The second-order valence-electron chi connectivity index (χ2n) is 5.89. The maximum absolute atomic E-state index is 14.4. The fourth-order valence-electron chi connectivity index (χ4n) is 2.75. The Kier molecular flexibility index (Phi) is 6.08. The van der Waals surface area contributed by atoms with Gasteiger partial charge in [-0.15, -0.1) is 11.3 Å². The Morgan fingerprint density at radius 1 is 1.10 bits per heavy atom. The van der Waals surface area contributed by atoms with Crippen LogP contribution in [0.4, 0.5) is 14.9 Å². The number of carbonyl (C=O) groups is 3. The van der Waals surface area contributed by atoms with Crippen molar-refractivity contribution in [1.82, 2.24) is 0 Å². The van der Waals surface area contributed by atoms with E-state index in [4.69, 9.17) is 15.2 Å². The highest BCUT2D eigenvalue weighted by molar-refractivity contribution is 7.21. The Bertz CT molecular complexity index is 1100. The molecule has 150 valence electrons. The second-order valence-corrected chi connectivity index (χ2v) is 6.94. The molecule has 0 aliphatic rings. The Morgan fingerprint density at radius 2 is 1.86 bits per heavy atom. The second kappa shape index (κ2) is 8.70. The molecule has 0 atom stereocenters. The van der Waals surface area contributed by atoms with E-state index < -0.39 is 23.8 Å². The molecular weight excluding hydrogens is 399 g/mol. The normalized spacial score (nSPS) is 10.6. The smallest absolute Gasteiger partial charge is 0.348 e. The lowest BCUT2D eigenvalue weighted by Gasteiger charge is -2.08. The monoisotopic (exact) mass is 416 g/mol. The standard InChI is InChI=1S/C20H17FN2O5S/c1-2-27-19(25)17-13(16-14(21)7-4-8-15(16)29-17)10-28-18(24)11-5-3-6-12(9-11)23-20(22)26/h3-9H,2,10H2,1H3,(H3,22,23,26). The van der Waals surface area contributed by atoms with Crippen LogP contribution in [0, 0.1) is 5.82 Å². The van der Waals surface area contributed by atoms with Gasteiger partial charge in [0.15, 0.2) is 0 Å². The molecule has 9 heteroatoms. The average molecular weight is 416 g/mol. The van der Waals surface area contributed by atoms with Gasteiger partial charge < -0.3 is 20.5 Å². The van der Waals surface area contributed by atoms with Gasteiger partial charge in [-0.3, -0.25) is 0 Å². The molecule has 3 rings (SSSR count). The van der Waals surface area contributed by atoms with Gasteiger partial charge in [-0.25, -0.2) is 18.8 Å². The lowest BCUT2D eigenvalue weighted by Crippen LogP contribution is -2.19. The van der Waals surface area contributed by atoms with Crippen molar-refractivity contribution in [1.29, 1.82) is 0 Å². The summed E-state index contributed by atoms with van der Waals surface area (Å²) in [4.78, 5) is 35.9. The van der Waals surface area contributed by atoms with Gasteiger partial charge in [-0.2, -0.15) is 0 Å². The fraction of sp³-hybridized carbons (Fsp3) is 0.150. The lowest BCUT2D eigenvalue weighted by molar-refractivity contribution is 0.0454. The lowest BCUT2D eigenvalue weighted by atomic mass is 10.1. The van der Waals surface area contributed by atoms with Crippen LogP contribution in [-0.4, -0.2) is 24.6 Å². The van der Waals surface area contributed by atoms with E-state index in [1.54, 1.807) is 25.1 Å². The van der Waals surface area contributed by atoms with Crippen LogP contribution in [0.5, 0.6) is 0 Å². The Hall–Kier alpha value is -3.46. The zero-order valence-electron chi connectivity index (χ0n) is 15.4. The van der Waals surface area contributed by atoms with Crippen molar-refractivity contribution in [3.63, 3.8) is 0 Å². The Morgan fingerprint density at radius 3 is 2.59 bits per heavy atom. The molecule has 0 saturated carbocycles. The fourth-order valence-corrected chi connectivity index (χ4v) is 3.87. The third-order valence-corrected chi connectivity index (χ3v) is 5.11. The van der Waals surface area contributed by atoms with E-state index in [2.05, 4.69) is 5.32 Å². The van der Waals surface area contributed by atoms with Gasteiger partial charge in [-0.1, -0.05) is 12.1 Å². The molecule has 0 fully saturated rings. The van der Waals surface area contributed by atoms with Crippen molar-refractivity contribution in [2.24, 2.45) is 5.73 Å². The largest absolute Gasteiger partial charge is 0.462 e. The van der Waals surface area contributed by atoms with Crippen LogP contribution in [0.3, 0.4) is 0 Å². The Labute approximate surface area is 169 Å². The summed E-state index contributed by atoms with van der Waals surface area (Å²) in [6.45, 7) is 1.51. The minimum Gasteiger partial charge on any atom is -0.462 e. The first kappa shape index (κ1) is 20.3. The number of rotatable bonds is 6. The SMILES string of the molecule is CCOC(=O)c1sc2cccc(F)c2c1COC(=O)c1cccc(NC(N)=O)c1. The number of halogens is 1. The first-order valence-electron chi connectivity index (χ1n) is 8.61. The number of anilines is 1. The van der Waals surface area contributed by atoms with Crippen LogP contribution in [0.1, 0.15) is 32.5 Å². The van der Waals surface area contributed by atoms with E-state index in [-0.39, 0.29) is 34.6 Å². The molecule has 2 aromatic carbocycles. The van der Waals surface area contributed by atoms with E-state index >= 15 is 0 Å². The van der Waals surface area contributed by atoms with E-state index in [0.29, 0.717) is 10.4 Å². The first-order chi connectivity index (χ1) is 13.9. The number of primary amides is 1. The van der Waals surface area contributed by atoms with Crippen LogP contribution in [-0.2, 0) is 16.1 Å². The molecule has 0 aliphatic heterocycles. The van der Waals surface area contributed by atoms with E-state index in [1.165, 1.54) is 24.3 Å². The Balaban J connectivity index is 1.88. The highest BCUT2D eigenvalue weighted by Crippen LogP contribution is 2.34. The highest BCUT2D eigenvalue weighted by atomic mass is 32.1. The molecular formula is C20H17FN2O5S. The molecule has 0 aliphatic carbocycles. The van der Waals surface area contributed by atoms with Gasteiger partial charge in [0.2, 0.25) is 0 Å². The number of ether oxygens (including phenoxy) is 2. The summed E-state index contributed by atoms with van der Waals surface area (Å²) in [7, 11) is 0. The number of urea groups is 1. The molecule has 0 saturated heterocycles. The number of fused-ring (bicyclic) bond motifs is 1. The van der Waals surface area contributed by atoms with Crippen molar-refractivity contribution >= 4 is 45.1 Å². The van der Waals surface area contributed by atoms with Crippen molar-refractivity contribution in [2.45, 2.75) is 13.5 Å². The first-order valence-corrected chi connectivity index (χ1v) is 9.43. The van der Waals surface area contributed by atoms with Gasteiger partial charge in [0, 0.05) is 21.3 Å². The van der Waals surface area contributed by atoms with Gasteiger partial charge >= 0.3 is 18.0 Å². The van der Waals surface area contributed by atoms with Crippen LogP contribution in [0.15, 0.2) is 42.5 Å². The predicted molar refractivity (Wildman–Crippen MR) is 107 cm³/mol. The quantitative estimate of drug-likeness (QED) is 0.589. The summed E-state index contributed by atoms with van der Waals surface area (Å²) >= 11 is 1.08. The number of nitrogens with two attached hydrogens (primary N) is 1. The average Bonchev–Trinajstić information content (AvgIpc) is 3.06. The molecule has 0 spiro atoms. The zero-order chi connectivity index (χ0) is 21.0. The molecule has 0 unspecified atom stereocenters. The van der Waals surface area contributed by atoms with Crippen molar-refractivity contribution < 1.29 is 28.2 Å². The maximum Gasteiger partial charge on any atom is 0.348 e. The number of amides is 2. The van der Waals surface area contributed by atoms with Crippen LogP contribution < -0.4 is 11.1 Å². The molecule has 3 aromatic rings. The minimum atomic E-state index is -0.769. The van der Waals surface area contributed by atoms with Crippen molar-refractivity contribution in [3.05, 3.63) is 64.3 Å². The maximum atomic E-state index is 14.4. The summed E-state index contributed by atoms with van der Waals surface area (Å²) in [5, 5.41) is 2.58. The summed E-state index contributed by atoms with van der Waals surface area (Å²) in [6.07, 6.45) is 0. The number of esters is 2. The summed E-state index contributed by atoms with van der Waals surface area (Å²) in [6, 6.07) is 9.71. The van der Waals surface area contributed by atoms with Crippen LogP contribution >= 0.6 is 11.3 Å². The summed E-state index contributed by atoms with van der Waals surface area (Å²) < 4.78 is 25.3. The van der Waals surface area contributed by atoms with Gasteiger partial charge in [-0.05, 0) is 37.3 Å². The van der Waals surface area contributed by atoms with Gasteiger partial charge in [0.25, 0.3) is 0 Å². The number of hydrogen-bond donors (Lipinski definition) is 2. The molecule has 7 nitrogen and oxygen atoms in total. The topological polar surface area (TPSA) is 108 Å². The molecule has 1 heterocycles. The number of hydrogen-bond acceptors (Lipinski definition) is 6. The van der Waals surface area contributed by atoms with Crippen molar-refractivity contribution in [2.75, 3.05) is 11.9 Å². The number of nitrogens with one attached hydrogen (secondary N) is 1. The highest BCUT2D eigenvalue weighted by Gasteiger charge is 2.23. The predicted octanol–water partition coefficient (Wildman–Crippen LogP) is 4.06. The third-order valence-electron chi connectivity index (χ3n) is 3.94. The molecule has 2 amide bonds.